The van der Waals surface area contributed by atoms with Crippen molar-refractivity contribution in [3.63, 3.8) is 0 Å². The maximum atomic E-state index is 13.3. The van der Waals surface area contributed by atoms with Gasteiger partial charge in [-0.3, -0.25) is 14.4 Å². The second kappa shape index (κ2) is 9.07. The number of ketones is 2. The Hall–Kier alpha value is -3.66. The number of phenols is 1. The average molecular weight is 465 g/mol. The largest absolute Gasteiger partial charge is 0.511 e. The number of nitrogens with two attached hydrogens (primary N) is 1. The molecule has 10 nitrogen and oxygen atoms in total. The molecule has 1 fully saturated rings. The minimum absolute atomic E-state index is 0. The summed E-state index contributed by atoms with van der Waals surface area (Å²) >= 11 is 0. The Kier molecular flexibility index (Phi) is 7.03. The number of allylic oxidation sites excluding steroid dienone is 2. The number of primary amides is 1. The van der Waals surface area contributed by atoms with Gasteiger partial charge >= 0.3 is 0 Å². The summed E-state index contributed by atoms with van der Waals surface area (Å²) in [7, 11) is 1.41. The molecular formula is C23H32N2O8. The van der Waals surface area contributed by atoms with Crippen LogP contribution in [0.25, 0.3) is 5.76 Å². The molecule has 4 rings (SSSR count). The van der Waals surface area contributed by atoms with E-state index in [0.717, 1.165) is 0 Å². The van der Waals surface area contributed by atoms with Crippen LogP contribution in [0.4, 0.5) is 0 Å². The van der Waals surface area contributed by atoms with E-state index in [1.54, 1.807) is 13.0 Å². The molecule has 0 bridgehead atoms. The zero-order valence-corrected chi connectivity index (χ0v) is 17.5. The van der Waals surface area contributed by atoms with E-state index in [2.05, 4.69) is 5.16 Å². The highest BCUT2D eigenvalue weighted by atomic mass is 16.6. The highest BCUT2D eigenvalue weighted by molar-refractivity contribution is 6.21. The smallest absolute Gasteiger partial charge is 0.255 e. The summed E-state index contributed by atoms with van der Waals surface area (Å²) in [5.74, 6) is -5.51. The van der Waals surface area contributed by atoms with E-state index in [1.807, 2.05) is 0 Å². The molecule has 1 saturated carbocycles. The fourth-order valence-corrected chi connectivity index (χ4v) is 5.17. The van der Waals surface area contributed by atoms with Gasteiger partial charge in [0.05, 0.1) is 17.2 Å². The topological polar surface area (TPSA) is 191 Å². The van der Waals surface area contributed by atoms with Crippen molar-refractivity contribution in [2.75, 3.05) is 7.11 Å². The van der Waals surface area contributed by atoms with E-state index in [1.165, 1.54) is 13.2 Å². The summed E-state index contributed by atoms with van der Waals surface area (Å²) in [6, 6.07) is 3.06. The van der Waals surface area contributed by atoms with Crippen molar-refractivity contribution in [1.29, 1.82) is 0 Å². The number of aliphatic hydroxyl groups is 2. The van der Waals surface area contributed by atoms with Crippen LogP contribution in [-0.2, 0) is 25.6 Å². The molecule has 0 spiro atoms. The van der Waals surface area contributed by atoms with Crippen molar-refractivity contribution in [1.82, 2.24) is 0 Å². The van der Waals surface area contributed by atoms with Crippen molar-refractivity contribution in [2.24, 2.45) is 28.6 Å². The third-order valence-electron chi connectivity index (χ3n) is 6.39. The van der Waals surface area contributed by atoms with Gasteiger partial charge < -0.3 is 31.4 Å². The summed E-state index contributed by atoms with van der Waals surface area (Å²) < 4.78 is 0. The molecule has 3 unspecified atom stereocenters. The number of benzene rings is 1. The van der Waals surface area contributed by atoms with Gasteiger partial charge in [-0.1, -0.05) is 12.6 Å². The predicted molar refractivity (Wildman–Crippen MR) is 124 cm³/mol. The summed E-state index contributed by atoms with van der Waals surface area (Å²) in [6.45, 7) is 1.72. The molecule has 1 aromatic rings. The molecule has 3 aliphatic carbocycles. The number of amides is 1. The Bertz CT molecular complexity index is 1140. The van der Waals surface area contributed by atoms with Crippen molar-refractivity contribution in [3.8, 4) is 5.75 Å². The molecule has 0 saturated heterocycles. The molecule has 3 aliphatic rings. The first kappa shape index (κ1) is 25.6. The predicted octanol–water partition coefficient (Wildman–Crippen LogP) is 1.98. The lowest BCUT2D eigenvalue weighted by molar-refractivity contribution is -0.127. The second-order valence-electron chi connectivity index (χ2n) is 8.10. The number of phenolic OH excluding ortho intramolecular Hbond substituents is 1. The van der Waals surface area contributed by atoms with Gasteiger partial charge in [0.25, 0.3) is 5.91 Å². The fraction of sp³-hybridized carbons (Fsp3) is 0.391. The summed E-state index contributed by atoms with van der Waals surface area (Å²) in [4.78, 5) is 42.1. The quantitative estimate of drug-likeness (QED) is 0.298. The van der Waals surface area contributed by atoms with Crippen LogP contribution >= 0.6 is 0 Å². The summed E-state index contributed by atoms with van der Waals surface area (Å²) in [5.41, 5.74) is 6.69. The molecule has 0 aliphatic heterocycles. The lowest BCUT2D eigenvalue weighted by Gasteiger charge is -2.41. The molecule has 0 aromatic heterocycles. The van der Waals surface area contributed by atoms with Crippen molar-refractivity contribution in [2.45, 2.75) is 33.6 Å². The van der Waals surface area contributed by atoms with Crippen LogP contribution in [0.1, 0.15) is 46.7 Å². The molecule has 0 heterocycles. The average Bonchev–Trinajstić information content (AvgIpc) is 2.67. The summed E-state index contributed by atoms with van der Waals surface area (Å²) in [5, 5.41) is 35.9. The molecule has 10 heteroatoms. The number of rotatable bonds is 3. The minimum Gasteiger partial charge on any atom is -0.511 e. The third kappa shape index (κ3) is 3.76. The van der Waals surface area contributed by atoms with E-state index in [0.29, 0.717) is 29.7 Å². The first-order chi connectivity index (χ1) is 14.7. The normalized spacial score (nSPS) is 24.2. The van der Waals surface area contributed by atoms with Crippen LogP contribution in [0.3, 0.4) is 0 Å². The zero-order chi connectivity index (χ0) is 22.6. The van der Waals surface area contributed by atoms with Gasteiger partial charge in [-0.15, -0.1) is 0 Å². The summed E-state index contributed by atoms with van der Waals surface area (Å²) in [6.07, 6.45) is 0.575. The maximum Gasteiger partial charge on any atom is 0.255 e. The Morgan fingerprint density at radius 1 is 1.21 bits per heavy atom. The first-order valence-corrected chi connectivity index (χ1v) is 9.84. The Balaban J connectivity index is 0.00000289. The van der Waals surface area contributed by atoms with Gasteiger partial charge in [0, 0.05) is 20.4 Å². The minimum atomic E-state index is -1.13. The van der Waals surface area contributed by atoms with Crippen molar-refractivity contribution >= 4 is 28.9 Å². The number of carbonyl (C=O) groups excluding carboxylic acids is 3. The molecule has 3 atom stereocenters. The van der Waals surface area contributed by atoms with Crippen LogP contribution in [0.5, 0.6) is 5.75 Å². The maximum absolute atomic E-state index is 13.3. The van der Waals surface area contributed by atoms with Gasteiger partial charge in [0.15, 0.2) is 11.6 Å². The molecule has 1 aromatic carbocycles. The van der Waals surface area contributed by atoms with Gasteiger partial charge in [0.1, 0.15) is 30.0 Å². The first-order valence-electron chi connectivity index (χ1n) is 9.84. The molecule has 1 amide bonds. The van der Waals surface area contributed by atoms with Crippen LogP contribution < -0.4 is 5.73 Å². The molecule has 7 N–H and O–H groups in total. The number of aromatic hydroxyl groups is 1. The number of oxime groups is 1. The molecular weight excluding hydrogens is 432 g/mol. The van der Waals surface area contributed by atoms with Gasteiger partial charge in [0.2, 0.25) is 0 Å². The number of hydrogen-bond donors (Lipinski definition) is 4. The van der Waals surface area contributed by atoms with E-state index >= 15 is 0 Å². The Labute approximate surface area is 193 Å². The van der Waals surface area contributed by atoms with Gasteiger partial charge in [-0.2, -0.15) is 0 Å². The Morgan fingerprint density at radius 2 is 1.88 bits per heavy atom. The highest BCUT2D eigenvalue weighted by Gasteiger charge is 2.51. The lowest BCUT2D eigenvalue weighted by Crippen LogP contribution is -2.44. The van der Waals surface area contributed by atoms with E-state index in [-0.39, 0.29) is 44.8 Å². The second-order valence-corrected chi connectivity index (χ2v) is 8.10. The highest BCUT2D eigenvalue weighted by Crippen LogP contribution is 2.50. The molecule has 0 radical (unpaired) electrons. The van der Waals surface area contributed by atoms with E-state index in [9.17, 15) is 29.7 Å². The third-order valence-corrected chi connectivity index (χ3v) is 6.39. The van der Waals surface area contributed by atoms with Crippen LogP contribution in [0.2, 0.25) is 0 Å². The number of nitrogens with zero attached hydrogens (tertiary/aromatic N) is 1. The SMILES string of the molecule is C.CO/N=C(\C)c1ccc(O)c2c1CC1CC3CC(=O)C(C(N)=O)=C(O)C3C(=O)C1=C2O.O.[HH].[HH]. The van der Waals surface area contributed by atoms with Gasteiger partial charge in [-0.25, -0.2) is 0 Å². The van der Waals surface area contributed by atoms with E-state index in [4.69, 9.17) is 10.6 Å². The number of hydrogen-bond acceptors (Lipinski definition) is 8. The zero-order valence-electron chi connectivity index (χ0n) is 17.5. The van der Waals surface area contributed by atoms with Crippen molar-refractivity contribution in [3.05, 3.63) is 45.7 Å². The van der Waals surface area contributed by atoms with Crippen molar-refractivity contribution < 1.29 is 42.9 Å². The van der Waals surface area contributed by atoms with Gasteiger partial charge in [-0.05, 0) is 49.3 Å². The number of Topliss-reactive ketones (excluding diaryl/α,β-unsaturated/α-hetero) is 2. The van der Waals surface area contributed by atoms with E-state index < -0.39 is 46.6 Å². The standard InChI is InChI=1S/C22H22N2O7.CH4.H2O.2H2/c1-8(24-31-2)11-3-4-13(25)17-12(11)6-9-5-10-7-14(26)18(22(23)30)21(29)16(10)19(27)15(9)20(17)28;;;;/h3-4,9-10,16,25,28-29H,5-7H2,1-2H3,(H2,23,30);1H4;1H2;2*1H/b24-8+;;;;. The van der Waals surface area contributed by atoms with Crippen LogP contribution in [0, 0.1) is 17.8 Å². The van der Waals surface area contributed by atoms with Crippen LogP contribution in [-0.4, -0.2) is 51.1 Å². The number of fused-ring (bicyclic) bond motifs is 3. The Morgan fingerprint density at radius 3 is 2.48 bits per heavy atom. The fourth-order valence-electron chi connectivity index (χ4n) is 5.17. The monoisotopic (exact) mass is 464 g/mol. The lowest BCUT2D eigenvalue weighted by atomic mass is 9.61. The number of aliphatic hydroxyl groups excluding tert-OH is 2. The number of carbonyl (C=O) groups is 3. The van der Waals surface area contributed by atoms with Crippen LogP contribution in [0.15, 0.2) is 34.2 Å². The molecule has 182 valence electrons. The molecule has 33 heavy (non-hydrogen) atoms.